The van der Waals surface area contributed by atoms with Crippen LogP contribution >= 0.6 is 0 Å². The van der Waals surface area contributed by atoms with Crippen molar-refractivity contribution in [3.05, 3.63) is 57.4 Å². The number of pyridine rings is 1. The Morgan fingerprint density at radius 2 is 1.97 bits per heavy atom. The van der Waals surface area contributed by atoms with Crippen molar-refractivity contribution >= 4 is 17.2 Å². The molecule has 3 aromatic heterocycles. The van der Waals surface area contributed by atoms with Gasteiger partial charge in [0.2, 0.25) is 0 Å². The summed E-state index contributed by atoms with van der Waals surface area (Å²) in [7, 11) is 1.61. The molecule has 4 rings (SSSR count). The number of carbonyl (C=O) groups excluding carboxylic acids is 1. The van der Waals surface area contributed by atoms with Crippen LogP contribution in [0.2, 0.25) is 0 Å². The van der Waals surface area contributed by atoms with Gasteiger partial charge in [0.25, 0.3) is 11.5 Å². The van der Waals surface area contributed by atoms with Crippen LogP contribution in [0, 0.1) is 6.92 Å². The van der Waals surface area contributed by atoms with E-state index in [0.29, 0.717) is 12.1 Å². The lowest BCUT2D eigenvalue weighted by molar-refractivity contribution is 0.0958. The lowest BCUT2D eigenvalue weighted by Crippen LogP contribution is -2.46. The summed E-state index contributed by atoms with van der Waals surface area (Å²) < 4.78 is 1.76. The summed E-state index contributed by atoms with van der Waals surface area (Å²) in [6.45, 7) is 8.18. The van der Waals surface area contributed by atoms with E-state index in [1.807, 2.05) is 32.3 Å². The molecule has 0 aliphatic carbocycles. The van der Waals surface area contributed by atoms with Gasteiger partial charge in [-0.1, -0.05) is 6.92 Å². The molecule has 0 aromatic carbocycles. The number of aromatic nitrogens is 4. The first-order valence-corrected chi connectivity index (χ1v) is 10.3. The maximum Gasteiger partial charge on any atom is 0.269 e. The van der Waals surface area contributed by atoms with Gasteiger partial charge in [0.15, 0.2) is 0 Å². The standard InChI is InChI=1S/C21H27N7O2/c1-4-15-13-28-19(25-20(15)29)16(11-23-28)12-26-7-9-27(10-8-26)18-6-5-17(21(30)22-3)24-14(18)2/h5-6,11,13H,4,7-10,12H2,1-3H3,(H,22,30)(H,25,29). The van der Waals surface area contributed by atoms with Gasteiger partial charge >= 0.3 is 0 Å². The zero-order chi connectivity index (χ0) is 21.3. The minimum Gasteiger partial charge on any atom is -0.368 e. The van der Waals surface area contributed by atoms with Crippen LogP contribution in [0.25, 0.3) is 5.65 Å². The first-order chi connectivity index (χ1) is 14.5. The Balaban J connectivity index is 1.43. The first-order valence-electron chi connectivity index (χ1n) is 10.3. The molecule has 9 nitrogen and oxygen atoms in total. The Labute approximate surface area is 174 Å². The molecule has 1 aliphatic heterocycles. The van der Waals surface area contributed by atoms with Gasteiger partial charge in [0.05, 0.1) is 17.6 Å². The number of hydrogen-bond acceptors (Lipinski definition) is 6. The quantitative estimate of drug-likeness (QED) is 0.652. The fourth-order valence-electron chi connectivity index (χ4n) is 3.93. The first kappa shape index (κ1) is 20.1. The number of aromatic amines is 1. The molecule has 2 N–H and O–H groups in total. The van der Waals surface area contributed by atoms with Crippen molar-refractivity contribution in [1.82, 2.24) is 29.8 Å². The highest BCUT2D eigenvalue weighted by atomic mass is 16.1. The van der Waals surface area contributed by atoms with Gasteiger partial charge in [0.1, 0.15) is 11.3 Å². The predicted octanol–water partition coefficient (Wildman–Crippen LogP) is 0.970. The Morgan fingerprint density at radius 1 is 1.20 bits per heavy atom. The number of piperazine rings is 1. The number of rotatable bonds is 5. The van der Waals surface area contributed by atoms with Gasteiger partial charge in [0, 0.05) is 57.1 Å². The highest BCUT2D eigenvalue weighted by molar-refractivity contribution is 5.92. The van der Waals surface area contributed by atoms with Gasteiger partial charge in [-0.05, 0) is 25.5 Å². The van der Waals surface area contributed by atoms with E-state index in [1.165, 1.54) is 0 Å². The summed E-state index contributed by atoms with van der Waals surface area (Å²) in [5.74, 6) is -0.174. The van der Waals surface area contributed by atoms with Crippen LogP contribution in [-0.4, -0.2) is 63.6 Å². The highest BCUT2D eigenvalue weighted by Crippen LogP contribution is 2.21. The van der Waals surface area contributed by atoms with E-state index in [4.69, 9.17) is 0 Å². The smallest absolute Gasteiger partial charge is 0.269 e. The zero-order valence-electron chi connectivity index (χ0n) is 17.6. The van der Waals surface area contributed by atoms with Gasteiger partial charge in [-0.15, -0.1) is 0 Å². The molecule has 0 bridgehead atoms. The van der Waals surface area contributed by atoms with E-state index in [0.717, 1.165) is 60.9 Å². The third-order valence-electron chi connectivity index (χ3n) is 5.68. The lowest BCUT2D eigenvalue weighted by atomic mass is 10.2. The average Bonchev–Trinajstić information content (AvgIpc) is 3.14. The second-order valence-corrected chi connectivity index (χ2v) is 7.57. The maximum absolute atomic E-state index is 12.2. The molecule has 0 saturated carbocycles. The van der Waals surface area contributed by atoms with Crippen LogP contribution in [0.3, 0.4) is 0 Å². The Kier molecular flexibility index (Phi) is 5.54. The summed E-state index contributed by atoms with van der Waals surface area (Å²) >= 11 is 0. The van der Waals surface area contributed by atoms with Gasteiger partial charge in [-0.25, -0.2) is 9.50 Å². The summed E-state index contributed by atoms with van der Waals surface area (Å²) in [6.07, 6.45) is 4.33. The van der Waals surface area contributed by atoms with E-state index >= 15 is 0 Å². The van der Waals surface area contributed by atoms with Crippen LogP contribution in [0.5, 0.6) is 0 Å². The maximum atomic E-state index is 12.2. The number of nitrogens with zero attached hydrogens (tertiary/aromatic N) is 5. The van der Waals surface area contributed by atoms with E-state index in [9.17, 15) is 9.59 Å². The van der Waals surface area contributed by atoms with Crippen molar-refractivity contribution in [1.29, 1.82) is 0 Å². The third-order valence-corrected chi connectivity index (χ3v) is 5.68. The van der Waals surface area contributed by atoms with Gasteiger partial charge in [-0.3, -0.25) is 14.5 Å². The van der Waals surface area contributed by atoms with E-state index in [1.54, 1.807) is 17.6 Å². The number of hydrogen-bond donors (Lipinski definition) is 2. The number of aryl methyl sites for hydroxylation is 2. The summed E-state index contributed by atoms with van der Waals surface area (Å²) in [5.41, 5.74) is 4.84. The number of H-pyrrole nitrogens is 1. The van der Waals surface area contributed by atoms with Crippen molar-refractivity contribution in [2.45, 2.75) is 26.8 Å². The lowest BCUT2D eigenvalue weighted by Gasteiger charge is -2.36. The number of anilines is 1. The molecule has 3 aromatic rings. The highest BCUT2D eigenvalue weighted by Gasteiger charge is 2.21. The molecule has 0 radical (unpaired) electrons. The normalized spacial score (nSPS) is 15.0. The number of fused-ring (bicyclic) bond motifs is 1. The van der Waals surface area contributed by atoms with Crippen LogP contribution in [0.4, 0.5) is 5.69 Å². The zero-order valence-corrected chi connectivity index (χ0v) is 17.6. The Hall–Kier alpha value is -3.20. The van der Waals surface area contributed by atoms with E-state index in [-0.39, 0.29) is 11.5 Å². The monoisotopic (exact) mass is 409 g/mol. The van der Waals surface area contributed by atoms with E-state index < -0.39 is 0 Å². The van der Waals surface area contributed by atoms with Gasteiger partial charge in [-0.2, -0.15) is 5.10 Å². The summed E-state index contributed by atoms with van der Waals surface area (Å²) in [5, 5.41) is 7.01. The van der Waals surface area contributed by atoms with Crippen molar-refractivity contribution in [2.24, 2.45) is 0 Å². The molecule has 9 heteroatoms. The van der Waals surface area contributed by atoms with Crippen molar-refractivity contribution < 1.29 is 4.79 Å². The number of nitrogens with one attached hydrogen (secondary N) is 2. The van der Waals surface area contributed by atoms with Crippen LogP contribution in [0.15, 0.2) is 29.3 Å². The number of amides is 1. The molecular weight excluding hydrogens is 382 g/mol. The molecule has 0 spiro atoms. The van der Waals surface area contributed by atoms with E-state index in [2.05, 4.69) is 30.2 Å². The number of carbonyl (C=O) groups is 1. The molecule has 0 atom stereocenters. The van der Waals surface area contributed by atoms with Crippen molar-refractivity contribution in [3.63, 3.8) is 0 Å². The molecule has 1 fully saturated rings. The van der Waals surface area contributed by atoms with Gasteiger partial charge < -0.3 is 15.2 Å². The second kappa shape index (κ2) is 8.27. The Bertz CT molecular complexity index is 1130. The summed E-state index contributed by atoms with van der Waals surface area (Å²) in [4.78, 5) is 36.0. The molecular formula is C21H27N7O2. The molecule has 1 saturated heterocycles. The molecule has 1 aliphatic rings. The van der Waals surface area contributed by atoms with Crippen molar-refractivity contribution in [3.8, 4) is 0 Å². The average molecular weight is 409 g/mol. The minimum absolute atomic E-state index is 0.0419. The fourth-order valence-corrected chi connectivity index (χ4v) is 3.93. The molecule has 158 valence electrons. The topological polar surface area (TPSA) is 98.6 Å². The SMILES string of the molecule is CCc1cn2ncc(CN3CCN(c4ccc(C(=O)NC)nc4C)CC3)c2[nH]c1=O. The fraction of sp³-hybridized carbons (Fsp3) is 0.429. The molecule has 0 unspecified atom stereocenters. The third kappa shape index (κ3) is 3.80. The molecule has 30 heavy (non-hydrogen) atoms. The largest absolute Gasteiger partial charge is 0.368 e. The van der Waals surface area contributed by atoms with Crippen LogP contribution < -0.4 is 15.8 Å². The Morgan fingerprint density at radius 3 is 2.63 bits per heavy atom. The predicted molar refractivity (Wildman–Crippen MR) is 115 cm³/mol. The molecule has 1 amide bonds. The molecule has 4 heterocycles. The second-order valence-electron chi connectivity index (χ2n) is 7.57. The van der Waals surface area contributed by atoms with Crippen molar-refractivity contribution in [2.75, 3.05) is 38.1 Å². The summed E-state index contributed by atoms with van der Waals surface area (Å²) in [6, 6.07) is 3.75. The van der Waals surface area contributed by atoms with Crippen LogP contribution in [-0.2, 0) is 13.0 Å². The minimum atomic E-state index is -0.174. The van der Waals surface area contributed by atoms with Crippen LogP contribution in [0.1, 0.15) is 34.2 Å².